The number of benzene rings is 2. The second-order valence-corrected chi connectivity index (χ2v) is 8.26. The zero-order chi connectivity index (χ0) is 24.4. The van der Waals surface area contributed by atoms with E-state index in [1.54, 1.807) is 47.4 Å². The predicted molar refractivity (Wildman–Crippen MR) is 133 cm³/mol. The summed E-state index contributed by atoms with van der Waals surface area (Å²) < 4.78 is 17.6. The fraction of sp³-hybridized carbons (Fsp3) is 0.107. The molecule has 5 aromatic rings. The lowest BCUT2D eigenvalue weighted by Gasteiger charge is -2.06. The van der Waals surface area contributed by atoms with Gasteiger partial charge in [-0.25, -0.2) is 9.37 Å². The summed E-state index contributed by atoms with van der Waals surface area (Å²) in [5, 5.41) is 7.51. The molecule has 0 amide bonds. The molecule has 172 valence electrons. The van der Waals surface area contributed by atoms with Crippen molar-refractivity contribution in [2.75, 3.05) is 5.32 Å². The summed E-state index contributed by atoms with van der Waals surface area (Å²) in [5.41, 5.74) is 5.74. The summed E-state index contributed by atoms with van der Waals surface area (Å²) in [4.78, 5) is 17.3. The number of pyridine rings is 1. The van der Waals surface area contributed by atoms with E-state index in [2.05, 4.69) is 27.2 Å². The smallest absolute Gasteiger partial charge is 0.167 e. The van der Waals surface area contributed by atoms with Gasteiger partial charge in [0.05, 0.1) is 23.8 Å². The number of carbonyl (C=O) groups excluding carboxylic acids is 1. The molecular weight excluding hydrogens is 441 g/mol. The summed E-state index contributed by atoms with van der Waals surface area (Å²) in [6, 6.07) is 15.6. The Morgan fingerprint density at radius 1 is 1.09 bits per heavy atom. The first-order valence-corrected chi connectivity index (χ1v) is 11.1. The van der Waals surface area contributed by atoms with Crippen LogP contribution in [-0.4, -0.2) is 24.9 Å². The minimum Gasteiger partial charge on any atom is -0.350 e. The standard InChI is InChI=1S/C28H22FN5O/c1-19-9-10-22(27(35)15-21-6-3-4-7-25(21)29)14-20(19)11-12-24-17-30-28-26(8-5-13-34(24)28)32-23-16-31-33(2)18-23/h3-10,13-14,16-18,32H,15H2,1-2H3. The maximum absolute atomic E-state index is 14.0. The van der Waals surface area contributed by atoms with E-state index in [1.807, 2.05) is 49.0 Å². The lowest BCUT2D eigenvalue weighted by molar-refractivity contribution is 0.0992. The van der Waals surface area contributed by atoms with Gasteiger partial charge >= 0.3 is 0 Å². The van der Waals surface area contributed by atoms with Crippen molar-refractivity contribution in [3.8, 4) is 11.8 Å². The number of halogens is 1. The molecule has 7 heteroatoms. The normalized spacial score (nSPS) is 10.7. The number of rotatable bonds is 5. The third kappa shape index (κ3) is 4.68. The highest BCUT2D eigenvalue weighted by atomic mass is 19.1. The van der Waals surface area contributed by atoms with E-state index in [0.29, 0.717) is 11.1 Å². The van der Waals surface area contributed by atoms with Crippen LogP contribution in [0.1, 0.15) is 32.7 Å². The Hall–Kier alpha value is -4.70. The van der Waals surface area contributed by atoms with E-state index in [1.165, 1.54) is 6.07 Å². The van der Waals surface area contributed by atoms with Crippen molar-refractivity contribution < 1.29 is 9.18 Å². The summed E-state index contributed by atoms with van der Waals surface area (Å²) in [7, 11) is 1.86. The van der Waals surface area contributed by atoms with Crippen LogP contribution >= 0.6 is 0 Å². The van der Waals surface area contributed by atoms with Crippen molar-refractivity contribution >= 4 is 22.8 Å². The van der Waals surface area contributed by atoms with E-state index in [9.17, 15) is 9.18 Å². The number of hydrogen-bond donors (Lipinski definition) is 1. The van der Waals surface area contributed by atoms with Crippen LogP contribution in [0.15, 0.2) is 79.4 Å². The summed E-state index contributed by atoms with van der Waals surface area (Å²) >= 11 is 0. The molecule has 0 saturated heterocycles. The maximum atomic E-state index is 14.0. The molecular formula is C28H22FN5O. The number of imidazole rings is 1. The fourth-order valence-electron chi connectivity index (χ4n) is 3.82. The lowest BCUT2D eigenvalue weighted by atomic mass is 9.98. The number of aromatic nitrogens is 4. The number of Topliss-reactive ketones (excluding diaryl/α,β-unsaturated/α-hetero) is 1. The minimum atomic E-state index is -0.377. The van der Waals surface area contributed by atoms with Crippen LogP contribution in [0.25, 0.3) is 5.65 Å². The number of aryl methyl sites for hydroxylation is 2. The van der Waals surface area contributed by atoms with Crippen molar-refractivity contribution in [3.63, 3.8) is 0 Å². The summed E-state index contributed by atoms with van der Waals surface area (Å²) in [6.45, 7) is 1.94. The molecule has 0 spiro atoms. The van der Waals surface area contributed by atoms with E-state index in [-0.39, 0.29) is 18.0 Å². The van der Waals surface area contributed by atoms with Crippen LogP contribution in [0.3, 0.4) is 0 Å². The van der Waals surface area contributed by atoms with Gasteiger partial charge in [-0.2, -0.15) is 5.10 Å². The number of carbonyl (C=O) groups is 1. The second-order valence-electron chi connectivity index (χ2n) is 8.26. The van der Waals surface area contributed by atoms with E-state index in [4.69, 9.17) is 0 Å². The van der Waals surface area contributed by atoms with Crippen LogP contribution in [0, 0.1) is 24.6 Å². The molecule has 2 aromatic carbocycles. The van der Waals surface area contributed by atoms with E-state index >= 15 is 0 Å². The highest BCUT2D eigenvalue weighted by Crippen LogP contribution is 2.21. The molecule has 0 aliphatic rings. The second kappa shape index (κ2) is 9.27. The topological polar surface area (TPSA) is 64.2 Å². The largest absolute Gasteiger partial charge is 0.350 e. The highest BCUT2D eigenvalue weighted by Gasteiger charge is 2.12. The molecule has 5 rings (SSSR count). The van der Waals surface area contributed by atoms with Gasteiger partial charge in [-0.05, 0) is 48.2 Å². The molecule has 3 aromatic heterocycles. The first kappa shape index (κ1) is 22.1. The van der Waals surface area contributed by atoms with Gasteiger partial charge in [0.25, 0.3) is 0 Å². The molecule has 0 bridgehead atoms. The predicted octanol–water partition coefficient (Wildman–Crippen LogP) is 5.08. The molecule has 6 nitrogen and oxygen atoms in total. The zero-order valence-electron chi connectivity index (χ0n) is 19.3. The van der Waals surface area contributed by atoms with Crippen molar-refractivity contribution in [2.24, 2.45) is 7.05 Å². The van der Waals surface area contributed by atoms with Gasteiger partial charge in [0.1, 0.15) is 11.5 Å². The van der Waals surface area contributed by atoms with Crippen molar-refractivity contribution in [1.82, 2.24) is 19.2 Å². The molecule has 3 heterocycles. The third-order valence-corrected chi connectivity index (χ3v) is 5.71. The molecule has 0 aliphatic carbocycles. The van der Waals surface area contributed by atoms with Gasteiger partial charge in [-0.1, -0.05) is 36.3 Å². The SMILES string of the molecule is Cc1ccc(C(=O)Cc2ccccc2F)cc1C#Cc1cnc2c(Nc3cnn(C)c3)cccn12. The van der Waals surface area contributed by atoms with Crippen LogP contribution in [0.5, 0.6) is 0 Å². The minimum absolute atomic E-state index is 0.00255. The molecule has 0 atom stereocenters. The number of anilines is 2. The Labute approximate surface area is 202 Å². The molecule has 0 fully saturated rings. The van der Waals surface area contributed by atoms with Crippen molar-refractivity contribution in [2.45, 2.75) is 13.3 Å². The number of ketones is 1. The molecule has 0 unspecified atom stereocenters. The Bertz CT molecular complexity index is 1620. The Morgan fingerprint density at radius 3 is 2.74 bits per heavy atom. The van der Waals surface area contributed by atoms with Gasteiger partial charge in [0.15, 0.2) is 11.4 Å². The average Bonchev–Trinajstić information content (AvgIpc) is 3.46. The number of fused-ring (bicyclic) bond motifs is 1. The monoisotopic (exact) mass is 463 g/mol. The number of nitrogens with one attached hydrogen (secondary N) is 1. The number of hydrogen-bond acceptors (Lipinski definition) is 4. The average molecular weight is 464 g/mol. The van der Waals surface area contributed by atoms with Crippen LogP contribution in [-0.2, 0) is 13.5 Å². The van der Waals surface area contributed by atoms with Gasteiger partial charge in [-0.3, -0.25) is 13.9 Å². The fourth-order valence-corrected chi connectivity index (χ4v) is 3.82. The van der Waals surface area contributed by atoms with Gasteiger partial charge in [0.2, 0.25) is 0 Å². The van der Waals surface area contributed by atoms with Gasteiger partial charge in [0, 0.05) is 37.0 Å². The summed E-state index contributed by atoms with van der Waals surface area (Å²) in [6.07, 6.45) is 7.26. The van der Waals surface area contributed by atoms with E-state index < -0.39 is 0 Å². The Kier molecular flexibility index (Phi) is 5.86. The van der Waals surface area contributed by atoms with Crippen molar-refractivity contribution in [3.05, 3.63) is 113 Å². The Morgan fingerprint density at radius 2 is 1.94 bits per heavy atom. The molecule has 1 N–H and O–H groups in total. The van der Waals surface area contributed by atoms with Gasteiger partial charge < -0.3 is 5.32 Å². The molecule has 0 aliphatic heterocycles. The van der Waals surface area contributed by atoms with E-state index in [0.717, 1.165) is 33.8 Å². The first-order valence-electron chi connectivity index (χ1n) is 11.1. The molecule has 0 radical (unpaired) electrons. The third-order valence-electron chi connectivity index (χ3n) is 5.71. The first-order chi connectivity index (χ1) is 17.0. The molecule has 0 saturated carbocycles. The van der Waals surface area contributed by atoms with Crippen molar-refractivity contribution in [1.29, 1.82) is 0 Å². The maximum Gasteiger partial charge on any atom is 0.167 e. The highest BCUT2D eigenvalue weighted by molar-refractivity contribution is 5.98. The van der Waals surface area contributed by atoms with Gasteiger partial charge in [-0.15, -0.1) is 0 Å². The van der Waals surface area contributed by atoms with Crippen LogP contribution < -0.4 is 5.32 Å². The number of nitrogens with zero attached hydrogens (tertiary/aromatic N) is 4. The lowest BCUT2D eigenvalue weighted by Crippen LogP contribution is -2.06. The van der Waals surface area contributed by atoms with Crippen LogP contribution in [0.2, 0.25) is 0 Å². The quantitative estimate of drug-likeness (QED) is 0.292. The zero-order valence-corrected chi connectivity index (χ0v) is 19.3. The summed E-state index contributed by atoms with van der Waals surface area (Å²) in [5.74, 6) is 5.83. The Balaban J connectivity index is 1.42. The van der Waals surface area contributed by atoms with Crippen LogP contribution in [0.4, 0.5) is 15.8 Å². The molecule has 35 heavy (non-hydrogen) atoms.